The lowest BCUT2D eigenvalue weighted by molar-refractivity contribution is 0.213. The summed E-state index contributed by atoms with van der Waals surface area (Å²) < 4.78 is 5.19. The molecule has 0 radical (unpaired) electrons. The van der Waals surface area contributed by atoms with Crippen molar-refractivity contribution in [1.29, 1.82) is 0 Å². The number of likely N-dealkylation sites (N-methyl/N-ethyl adjacent to an activating group) is 1. The van der Waals surface area contributed by atoms with E-state index in [9.17, 15) is 5.11 Å². The van der Waals surface area contributed by atoms with Gasteiger partial charge in [0.2, 0.25) is 0 Å². The average Bonchev–Trinajstić information content (AvgIpc) is 2.49. The minimum Gasteiger partial charge on any atom is -0.504 e. The first-order chi connectivity index (χ1) is 9.70. The van der Waals surface area contributed by atoms with Crippen molar-refractivity contribution in [2.24, 2.45) is 0 Å². The molecule has 104 valence electrons. The number of hydrogen-bond acceptors (Lipinski definition) is 3. The van der Waals surface area contributed by atoms with Crippen molar-refractivity contribution < 1.29 is 9.84 Å². The minimum absolute atomic E-state index is 0.281. The molecule has 0 aromatic heterocycles. The molecule has 2 aromatic rings. The van der Waals surface area contributed by atoms with Gasteiger partial charge in [0, 0.05) is 18.2 Å². The molecule has 1 aliphatic heterocycles. The fourth-order valence-corrected chi connectivity index (χ4v) is 2.96. The Labute approximate surface area is 119 Å². The molecule has 1 atom stereocenters. The minimum atomic E-state index is 0.281. The van der Waals surface area contributed by atoms with E-state index in [2.05, 4.69) is 42.3 Å². The highest BCUT2D eigenvalue weighted by Gasteiger charge is 2.27. The Kier molecular flexibility index (Phi) is 3.36. The van der Waals surface area contributed by atoms with Crippen LogP contribution >= 0.6 is 0 Å². The summed E-state index contributed by atoms with van der Waals surface area (Å²) in [4.78, 5) is 2.27. The van der Waals surface area contributed by atoms with E-state index >= 15 is 0 Å². The van der Waals surface area contributed by atoms with Crippen LogP contribution in [0.4, 0.5) is 0 Å². The van der Waals surface area contributed by atoms with Gasteiger partial charge >= 0.3 is 0 Å². The first-order valence-corrected chi connectivity index (χ1v) is 6.83. The SMILES string of the molecule is COc1ccc2c(c1O)CN(C)C(c1ccccc1)C2. The number of aromatic hydroxyl groups is 1. The normalized spacial score (nSPS) is 18.6. The van der Waals surface area contributed by atoms with Gasteiger partial charge in [-0.25, -0.2) is 0 Å². The van der Waals surface area contributed by atoms with E-state index in [0.717, 1.165) is 18.5 Å². The summed E-state index contributed by atoms with van der Waals surface area (Å²) in [5.41, 5.74) is 3.50. The molecule has 1 aliphatic rings. The van der Waals surface area contributed by atoms with Crippen LogP contribution in [0.5, 0.6) is 11.5 Å². The van der Waals surface area contributed by atoms with Crippen LogP contribution in [0.1, 0.15) is 22.7 Å². The van der Waals surface area contributed by atoms with Crippen LogP contribution in [0.3, 0.4) is 0 Å². The Morgan fingerprint density at radius 3 is 2.60 bits per heavy atom. The van der Waals surface area contributed by atoms with Gasteiger partial charge in [-0.2, -0.15) is 0 Å². The standard InChI is InChI=1S/C17H19NO2/c1-18-11-14-13(8-9-16(20-2)17(14)19)10-15(18)12-6-4-3-5-7-12/h3-9,15,19H,10-11H2,1-2H3. The molecule has 1 N–H and O–H groups in total. The van der Waals surface area contributed by atoms with Gasteiger partial charge in [-0.05, 0) is 30.7 Å². The van der Waals surface area contributed by atoms with E-state index in [1.807, 2.05) is 12.1 Å². The average molecular weight is 269 g/mol. The lowest BCUT2D eigenvalue weighted by Gasteiger charge is -2.35. The van der Waals surface area contributed by atoms with Gasteiger partial charge in [0.1, 0.15) is 0 Å². The van der Waals surface area contributed by atoms with Crippen LogP contribution in [0.25, 0.3) is 0 Å². The number of ether oxygens (including phenoxy) is 1. The zero-order valence-corrected chi connectivity index (χ0v) is 11.8. The Morgan fingerprint density at radius 2 is 1.90 bits per heavy atom. The number of nitrogens with zero attached hydrogens (tertiary/aromatic N) is 1. The van der Waals surface area contributed by atoms with Gasteiger partial charge in [0.25, 0.3) is 0 Å². The number of rotatable bonds is 2. The number of phenols is 1. The zero-order valence-electron chi connectivity index (χ0n) is 11.8. The number of fused-ring (bicyclic) bond motifs is 1. The highest BCUT2D eigenvalue weighted by atomic mass is 16.5. The fraction of sp³-hybridized carbons (Fsp3) is 0.294. The zero-order chi connectivity index (χ0) is 14.1. The molecule has 1 heterocycles. The van der Waals surface area contributed by atoms with Crippen LogP contribution in [0, 0.1) is 0 Å². The van der Waals surface area contributed by atoms with E-state index in [1.165, 1.54) is 11.1 Å². The third-order valence-corrected chi connectivity index (χ3v) is 4.10. The van der Waals surface area contributed by atoms with Crippen LogP contribution in [0.2, 0.25) is 0 Å². The van der Waals surface area contributed by atoms with Crippen molar-refractivity contribution in [3.05, 3.63) is 59.2 Å². The van der Waals surface area contributed by atoms with Gasteiger partial charge in [-0.15, -0.1) is 0 Å². The van der Waals surface area contributed by atoms with E-state index in [4.69, 9.17) is 4.74 Å². The molecule has 0 bridgehead atoms. The van der Waals surface area contributed by atoms with Crippen LogP contribution < -0.4 is 4.74 Å². The molecule has 0 spiro atoms. The summed E-state index contributed by atoms with van der Waals surface area (Å²) in [7, 11) is 3.68. The lowest BCUT2D eigenvalue weighted by atomic mass is 9.89. The van der Waals surface area contributed by atoms with E-state index < -0.39 is 0 Å². The summed E-state index contributed by atoms with van der Waals surface area (Å²) >= 11 is 0. The van der Waals surface area contributed by atoms with Gasteiger partial charge in [-0.1, -0.05) is 36.4 Å². The highest BCUT2D eigenvalue weighted by molar-refractivity contribution is 5.51. The topological polar surface area (TPSA) is 32.7 Å². The van der Waals surface area contributed by atoms with Gasteiger partial charge in [-0.3, -0.25) is 4.90 Å². The van der Waals surface area contributed by atoms with E-state index in [0.29, 0.717) is 11.8 Å². The molecule has 20 heavy (non-hydrogen) atoms. The van der Waals surface area contributed by atoms with Crippen molar-refractivity contribution in [3.8, 4) is 11.5 Å². The van der Waals surface area contributed by atoms with E-state index in [-0.39, 0.29) is 5.75 Å². The monoisotopic (exact) mass is 269 g/mol. The molecule has 3 nitrogen and oxygen atoms in total. The van der Waals surface area contributed by atoms with Gasteiger partial charge < -0.3 is 9.84 Å². The maximum atomic E-state index is 10.3. The molecule has 3 rings (SSSR count). The molecule has 0 amide bonds. The number of benzene rings is 2. The molecule has 2 aromatic carbocycles. The summed E-state index contributed by atoms with van der Waals surface area (Å²) in [5, 5.41) is 10.3. The largest absolute Gasteiger partial charge is 0.504 e. The van der Waals surface area contributed by atoms with Gasteiger partial charge in [0.05, 0.1) is 7.11 Å². The second-order valence-electron chi connectivity index (χ2n) is 5.30. The van der Waals surface area contributed by atoms with Crippen molar-refractivity contribution in [2.75, 3.05) is 14.2 Å². The number of hydrogen-bond donors (Lipinski definition) is 1. The van der Waals surface area contributed by atoms with Crippen molar-refractivity contribution >= 4 is 0 Å². The molecule has 3 heteroatoms. The predicted molar refractivity (Wildman–Crippen MR) is 79.0 cm³/mol. The van der Waals surface area contributed by atoms with Crippen molar-refractivity contribution in [2.45, 2.75) is 19.0 Å². The van der Waals surface area contributed by atoms with Gasteiger partial charge in [0.15, 0.2) is 11.5 Å². The Balaban J connectivity index is 1.98. The molecule has 0 saturated heterocycles. The third-order valence-electron chi connectivity index (χ3n) is 4.10. The second-order valence-corrected chi connectivity index (χ2v) is 5.30. The summed E-state index contributed by atoms with van der Waals surface area (Å²) in [6, 6.07) is 14.8. The first kappa shape index (κ1) is 13.0. The third kappa shape index (κ3) is 2.14. The molecule has 0 saturated carbocycles. The maximum absolute atomic E-state index is 10.3. The molecule has 0 fully saturated rings. The Bertz CT molecular complexity index is 610. The fourth-order valence-electron chi connectivity index (χ4n) is 2.96. The Morgan fingerprint density at radius 1 is 1.15 bits per heavy atom. The maximum Gasteiger partial charge on any atom is 0.162 e. The van der Waals surface area contributed by atoms with Crippen LogP contribution in [-0.2, 0) is 13.0 Å². The summed E-state index contributed by atoms with van der Waals surface area (Å²) in [6.07, 6.45) is 0.910. The predicted octanol–water partition coefficient (Wildman–Crippen LogP) is 3.13. The van der Waals surface area contributed by atoms with Crippen LogP contribution in [0.15, 0.2) is 42.5 Å². The second kappa shape index (κ2) is 5.17. The summed E-state index contributed by atoms with van der Waals surface area (Å²) in [5.74, 6) is 0.832. The molecule has 0 aliphatic carbocycles. The smallest absolute Gasteiger partial charge is 0.162 e. The Hall–Kier alpha value is -2.00. The van der Waals surface area contributed by atoms with E-state index in [1.54, 1.807) is 7.11 Å². The number of methoxy groups -OCH3 is 1. The van der Waals surface area contributed by atoms with Crippen molar-refractivity contribution in [1.82, 2.24) is 4.90 Å². The molecule has 1 unspecified atom stereocenters. The lowest BCUT2D eigenvalue weighted by Crippen LogP contribution is -2.30. The highest BCUT2D eigenvalue weighted by Crippen LogP contribution is 2.40. The number of phenolic OH excluding ortho intramolecular Hbond substituents is 1. The first-order valence-electron chi connectivity index (χ1n) is 6.83. The molecular weight excluding hydrogens is 250 g/mol. The van der Waals surface area contributed by atoms with Crippen molar-refractivity contribution in [3.63, 3.8) is 0 Å². The quantitative estimate of drug-likeness (QED) is 0.909. The van der Waals surface area contributed by atoms with Crippen LogP contribution in [-0.4, -0.2) is 24.2 Å². The summed E-state index contributed by atoms with van der Waals surface area (Å²) in [6.45, 7) is 0.734. The molecular formula is C17H19NO2.